The van der Waals surface area contributed by atoms with Crippen LogP contribution in [0, 0.1) is 0 Å². The van der Waals surface area contributed by atoms with Crippen molar-refractivity contribution in [1.29, 1.82) is 0 Å². The summed E-state index contributed by atoms with van der Waals surface area (Å²) in [5, 5.41) is 10.1. The summed E-state index contributed by atoms with van der Waals surface area (Å²) < 4.78 is 38.7. The zero-order chi connectivity index (χ0) is 22.0. The molecule has 0 saturated carbocycles. The molecule has 2 N–H and O–H groups in total. The summed E-state index contributed by atoms with van der Waals surface area (Å²) in [4.78, 5) is 26.7. The highest BCUT2D eigenvalue weighted by atomic mass is 19.4. The number of likely N-dealkylation sites (tertiary alicyclic amines) is 1. The molecule has 2 aromatic carbocycles. The van der Waals surface area contributed by atoms with Crippen LogP contribution >= 0.6 is 0 Å². The van der Waals surface area contributed by atoms with Gasteiger partial charge in [-0.2, -0.15) is 18.3 Å². The highest BCUT2D eigenvalue weighted by Gasteiger charge is 2.30. The van der Waals surface area contributed by atoms with E-state index in [0.717, 1.165) is 6.07 Å². The molecule has 162 valence electrons. The molecule has 1 aromatic heterocycles. The second kappa shape index (κ2) is 8.50. The van der Waals surface area contributed by atoms with E-state index in [0.29, 0.717) is 48.8 Å². The molecule has 0 unspecified atom stereocenters. The summed E-state index contributed by atoms with van der Waals surface area (Å²) in [5.41, 5.74) is -0.217. The number of halogens is 3. The standard InChI is InChI=1S/C22H21F3N4O2/c23-22(24,25)15-5-3-4-14(12-15)13-29-10-8-16(9-11-29)26-21(31)19-17-6-1-2-7-18(17)20(30)28-27-19/h1-7,12,16H,8-11,13H2,(H,26,31)(H,28,30). The minimum Gasteiger partial charge on any atom is -0.348 e. The number of carbonyl (C=O) groups excluding carboxylic acids is 1. The average molecular weight is 430 g/mol. The number of rotatable bonds is 4. The Kier molecular flexibility index (Phi) is 5.77. The van der Waals surface area contributed by atoms with Gasteiger partial charge in [0.05, 0.1) is 10.9 Å². The number of benzene rings is 2. The molecule has 0 radical (unpaired) electrons. The molecule has 1 aliphatic rings. The van der Waals surface area contributed by atoms with Crippen LogP contribution in [0.2, 0.25) is 0 Å². The minimum atomic E-state index is -4.35. The fourth-order valence-electron chi connectivity index (χ4n) is 3.88. The highest BCUT2D eigenvalue weighted by Crippen LogP contribution is 2.30. The number of aromatic nitrogens is 2. The zero-order valence-electron chi connectivity index (χ0n) is 16.6. The summed E-state index contributed by atoms with van der Waals surface area (Å²) in [5.74, 6) is -0.358. The van der Waals surface area contributed by atoms with Gasteiger partial charge in [-0.3, -0.25) is 14.5 Å². The van der Waals surface area contributed by atoms with E-state index in [1.54, 1.807) is 30.3 Å². The minimum absolute atomic E-state index is 0.0715. The van der Waals surface area contributed by atoms with Crippen LogP contribution < -0.4 is 10.9 Å². The van der Waals surface area contributed by atoms with Crippen molar-refractivity contribution in [2.24, 2.45) is 0 Å². The molecule has 1 amide bonds. The molecule has 0 bridgehead atoms. The predicted molar refractivity (Wildman–Crippen MR) is 110 cm³/mol. The van der Waals surface area contributed by atoms with Crippen LogP contribution in [0.3, 0.4) is 0 Å². The van der Waals surface area contributed by atoms with Crippen LogP contribution in [0.5, 0.6) is 0 Å². The van der Waals surface area contributed by atoms with Crippen molar-refractivity contribution in [3.8, 4) is 0 Å². The van der Waals surface area contributed by atoms with Crippen molar-refractivity contribution >= 4 is 16.7 Å². The molecule has 3 aromatic rings. The van der Waals surface area contributed by atoms with Crippen molar-refractivity contribution in [3.63, 3.8) is 0 Å². The quantitative estimate of drug-likeness (QED) is 0.666. The first kappa shape index (κ1) is 21.0. The van der Waals surface area contributed by atoms with E-state index in [1.165, 1.54) is 12.1 Å². The molecule has 1 aliphatic heterocycles. The van der Waals surface area contributed by atoms with Gasteiger partial charge in [0.15, 0.2) is 5.69 Å². The first-order valence-corrected chi connectivity index (χ1v) is 9.98. The number of carbonyl (C=O) groups is 1. The third-order valence-electron chi connectivity index (χ3n) is 5.49. The van der Waals surface area contributed by atoms with Crippen LogP contribution in [0.15, 0.2) is 53.3 Å². The van der Waals surface area contributed by atoms with E-state index in [-0.39, 0.29) is 23.2 Å². The van der Waals surface area contributed by atoms with Crippen molar-refractivity contribution in [1.82, 2.24) is 20.4 Å². The van der Waals surface area contributed by atoms with Gasteiger partial charge < -0.3 is 5.32 Å². The molecule has 1 saturated heterocycles. The van der Waals surface area contributed by atoms with E-state index in [1.807, 2.05) is 0 Å². The lowest BCUT2D eigenvalue weighted by atomic mass is 10.0. The Bertz CT molecular complexity index is 1150. The number of aromatic amines is 1. The molecule has 0 spiro atoms. The summed E-state index contributed by atoms with van der Waals surface area (Å²) in [6.07, 6.45) is -3.01. The lowest BCUT2D eigenvalue weighted by Crippen LogP contribution is -2.44. The second-order valence-corrected chi connectivity index (χ2v) is 7.67. The number of nitrogens with one attached hydrogen (secondary N) is 2. The van der Waals surface area contributed by atoms with Gasteiger partial charge in [-0.15, -0.1) is 0 Å². The van der Waals surface area contributed by atoms with Crippen molar-refractivity contribution in [3.05, 3.63) is 75.7 Å². The lowest BCUT2D eigenvalue weighted by molar-refractivity contribution is -0.137. The number of hydrogen-bond acceptors (Lipinski definition) is 4. The third kappa shape index (κ3) is 4.77. The van der Waals surface area contributed by atoms with E-state index < -0.39 is 11.7 Å². The number of alkyl halides is 3. The molecular formula is C22H21F3N4O2. The molecule has 2 heterocycles. The molecule has 31 heavy (non-hydrogen) atoms. The fourth-order valence-corrected chi connectivity index (χ4v) is 3.88. The van der Waals surface area contributed by atoms with Gasteiger partial charge in [0, 0.05) is 31.1 Å². The van der Waals surface area contributed by atoms with Crippen molar-refractivity contribution in [2.45, 2.75) is 31.6 Å². The Labute approximate surface area is 176 Å². The number of piperidine rings is 1. The van der Waals surface area contributed by atoms with Gasteiger partial charge >= 0.3 is 6.18 Å². The number of H-pyrrole nitrogens is 1. The number of fused-ring (bicyclic) bond motifs is 1. The Morgan fingerprint density at radius 3 is 2.52 bits per heavy atom. The largest absolute Gasteiger partial charge is 0.416 e. The Morgan fingerprint density at radius 1 is 1.10 bits per heavy atom. The van der Waals surface area contributed by atoms with E-state index >= 15 is 0 Å². The highest BCUT2D eigenvalue weighted by molar-refractivity contribution is 6.04. The fraction of sp³-hybridized carbons (Fsp3) is 0.318. The maximum atomic E-state index is 12.9. The van der Waals surface area contributed by atoms with Crippen LogP contribution in [0.25, 0.3) is 10.8 Å². The Balaban J connectivity index is 1.36. The second-order valence-electron chi connectivity index (χ2n) is 7.67. The van der Waals surface area contributed by atoms with Crippen LogP contribution in [-0.4, -0.2) is 40.1 Å². The predicted octanol–water partition coefficient (Wildman–Crippen LogP) is 3.34. The first-order valence-electron chi connectivity index (χ1n) is 9.98. The maximum absolute atomic E-state index is 12.9. The molecule has 0 aliphatic carbocycles. The summed E-state index contributed by atoms with van der Waals surface area (Å²) in [6.45, 7) is 1.73. The van der Waals surface area contributed by atoms with Crippen LogP contribution in [0.4, 0.5) is 13.2 Å². The maximum Gasteiger partial charge on any atom is 0.416 e. The van der Waals surface area contributed by atoms with Crippen molar-refractivity contribution in [2.75, 3.05) is 13.1 Å². The number of hydrogen-bond donors (Lipinski definition) is 2. The number of nitrogens with zero attached hydrogens (tertiary/aromatic N) is 2. The Morgan fingerprint density at radius 2 is 1.81 bits per heavy atom. The number of amides is 1. The van der Waals surface area contributed by atoms with Crippen molar-refractivity contribution < 1.29 is 18.0 Å². The molecule has 6 nitrogen and oxygen atoms in total. The summed E-state index contributed by atoms with van der Waals surface area (Å²) in [7, 11) is 0. The van der Waals surface area contributed by atoms with E-state index in [9.17, 15) is 22.8 Å². The van der Waals surface area contributed by atoms with Gasteiger partial charge in [-0.25, -0.2) is 5.10 Å². The smallest absolute Gasteiger partial charge is 0.348 e. The van der Waals surface area contributed by atoms with E-state index in [2.05, 4.69) is 20.4 Å². The SMILES string of the molecule is O=C(NC1CCN(Cc2cccc(C(F)(F)F)c2)CC1)c1n[nH]c(=O)c2ccccc12. The summed E-state index contributed by atoms with van der Waals surface area (Å²) >= 11 is 0. The Hall–Kier alpha value is -3.20. The molecule has 1 fully saturated rings. The molecular weight excluding hydrogens is 409 g/mol. The van der Waals surface area contributed by atoms with Gasteiger partial charge in [0.25, 0.3) is 11.5 Å². The van der Waals surface area contributed by atoms with Gasteiger partial charge in [0.1, 0.15) is 0 Å². The molecule has 4 rings (SSSR count). The van der Waals surface area contributed by atoms with Gasteiger partial charge in [0.2, 0.25) is 0 Å². The summed E-state index contributed by atoms with van der Waals surface area (Å²) in [6, 6.07) is 12.1. The van der Waals surface area contributed by atoms with Crippen LogP contribution in [-0.2, 0) is 12.7 Å². The van der Waals surface area contributed by atoms with Gasteiger partial charge in [-0.1, -0.05) is 36.4 Å². The normalized spacial score (nSPS) is 15.8. The average Bonchev–Trinajstić information content (AvgIpc) is 2.75. The topological polar surface area (TPSA) is 78.1 Å². The monoisotopic (exact) mass is 430 g/mol. The van der Waals surface area contributed by atoms with Gasteiger partial charge in [-0.05, 0) is 30.5 Å². The molecule has 0 atom stereocenters. The van der Waals surface area contributed by atoms with Crippen LogP contribution in [0.1, 0.15) is 34.5 Å². The van der Waals surface area contributed by atoms with E-state index in [4.69, 9.17) is 0 Å². The third-order valence-corrected chi connectivity index (χ3v) is 5.49. The zero-order valence-corrected chi connectivity index (χ0v) is 16.6. The first-order chi connectivity index (χ1) is 14.8. The lowest BCUT2D eigenvalue weighted by Gasteiger charge is -2.32. The molecule has 9 heteroatoms.